The number of carbonyl (C=O) groups is 1. The Kier molecular flexibility index (Phi) is 3.55. The maximum Gasteiger partial charge on any atom is 0.285 e. The SMILES string of the molecule is CC(C)NC(=O)c1ccc(F)cc1[N+](=O)[O-]. The van der Waals surface area contributed by atoms with Gasteiger partial charge in [-0.2, -0.15) is 0 Å². The molecule has 0 aliphatic heterocycles. The Labute approximate surface area is 91.4 Å². The minimum Gasteiger partial charge on any atom is -0.350 e. The summed E-state index contributed by atoms with van der Waals surface area (Å²) < 4.78 is 12.8. The smallest absolute Gasteiger partial charge is 0.285 e. The van der Waals surface area contributed by atoms with E-state index < -0.39 is 22.3 Å². The fourth-order valence-corrected chi connectivity index (χ4v) is 1.19. The number of amides is 1. The van der Waals surface area contributed by atoms with E-state index in [-0.39, 0.29) is 11.6 Å². The van der Waals surface area contributed by atoms with Crippen LogP contribution in [0.15, 0.2) is 18.2 Å². The molecule has 5 nitrogen and oxygen atoms in total. The van der Waals surface area contributed by atoms with Crippen LogP contribution in [0.5, 0.6) is 0 Å². The van der Waals surface area contributed by atoms with Crippen LogP contribution in [0.1, 0.15) is 24.2 Å². The predicted molar refractivity (Wildman–Crippen MR) is 55.7 cm³/mol. The number of hydrogen-bond acceptors (Lipinski definition) is 3. The average Bonchev–Trinajstić information content (AvgIpc) is 2.16. The molecule has 16 heavy (non-hydrogen) atoms. The number of hydrogen-bond donors (Lipinski definition) is 1. The highest BCUT2D eigenvalue weighted by atomic mass is 19.1. The largest absolute Gasteiger partial charge is 0.350 e. The Bertz CT molecular complexity index is 432. The van der Waals surface area contributed by atoms with Crippen molar-refractivity contribution in [1.29, 1.82) is 0 Å². The van der Waals surface area contributed by atoms with E-state index >= 15 is 0 Å². The zero-order chi connectivity index (χ0) is 12.3. The van der Waals surface area contributed by atoms with Crippen LogP contribution >= 0.6 is 0 Å². The number of carbonyl (C=O) groups excluding carboxylic acids is 1. The monoisotopic (exact) mass is 226 g/mol. The van der Waals surface area contributed by atoms with Gasteiger partial charge in [-0.3, -0.25) is 14.9 Å². The third-order valence-electron chi connectivity index (χ3n) is 1.82. The Morgan fingerprint density at radius 2 is 2.12 bits per heavy atom. The topological polar surface area (TPSA) is 72.2 Å². The molecule has 0 atom stereocenters. The van der Waals surface area contributed by atoms with Gasteiger partial charge in [-0.25, -0.2) is 4.39 Å². The van der Waals surface area contributed by atoms with Crippen molar-refractivity contribution in [3.8, 4) is 0 Å². The Morgan fingerprint density at radius 3 is 2.62 bits per heavy atom. The van der Waals surface area contributed by atoms with Crippen LogP contribution < -0.4 is 5.32 Å². The molecule has 1 amide bonds. The van der Waals surface area contributed by atoms with E-state index in [4.69, 9.17) is 0 Å². The summed E-state index contributed by atoms with van der Waals surface area (Å²) in [6.07, 6.45) is 0. The van der Waals surface area contributed by atoms with Gasteiger partial charge in [0.25, 0.3) is 11.6 Å². The van der Waals surface area contributed by atoms with Crippen molar-refractivity contribution in [1.82, 2.24) is 5.32 Å². The van der Waals surface area contributed by atoms with Crippen molar-refractivity contribution >= 4 is 11.6 Å². The summed E-state index contributed by atoms with van der Waals surface area (Å²) in [5, 5.41) is 13.1. The van der Waals surface area contributed by atoms with Gasteiger partial charge in [0.2, 0.25) is 0 Å². The van der Waals surface area contributed by atoms with Crippen molar-refractivity contribution in [2.75, 3.05) is 0 Å². The zero-order valence-electron chi connectivity index (χ0n) is 8.86. The third kappa shape index (κ3) is 2.75. The highest BCUT2D eigenvalue weighted by Crippen LogP contribution is 2.19. The average molecular weight is 226 g/mol. The van der Waals surface area contributed by atoms with Gasteiger partial charge in [0.05, 0.1) is 11.0 Å². The molecule has 0 bridgehead atoms. The van der Waals surface area contributed by atoms with Gasteiger partial charge >= 0.3 is 0 Å². The zero-order valence-corrected chi connectivity index (χ0v) is 8.86. The Hall–Kier alpha value is -1.98. The van der Waals surface area contributed by atoms with Crippen LogP contribution in [0.4, 0.5) is 10.1 Å². The highest BCUT2D eigenvalue weighted by molar-refractivity contribution is 5.98. The fourth-order valence-electron chi connectivity index (χ4n) is 1.19. The van der Waals surface area contributed by atoms with E-state index in [9.17, 15) is 19.3 Å². The molecule has 0 heterocycles. The maximum atomic E-state index is 12.8. The standard InChI is InChI=1S/C10H11FN2O3/c1-6(2)12-10(14)8-4-3-7(11)5-9(8)13(15)16/h3-6H,1-2H3,(H,12,14). The molecular weight excluding hydrogens is 215 g/mol. The van der Waals surface area contributed by atoms with Crippen LogP contribution in [-0.4, -0.2) is 16.9 Å². The lowest BCUT2D eigenvalue weighted by Gasteiger charge is -2.08. The first-order chi connectivity index (χ1) is 7.41. The van der Waals surface area contributed by atoms with Gasteiger partial charge in [-0.1, -0.05) is 0 Å². The molecule has 0 saturated heterocycles. The summed E-state index contributed by atoms with van der Waals surface area (Å²) in [5.41, 5.74) is -0.668. The molecule has 1 aromatic carbocycles. The number of halogens is 1. The molecule has 0 radical (unpaired) electrons. The van der Waals surface area contributed by atoms with Crippen molar-refractivity contribution in [3.63, 3.8) is 0 Å². The molecule has 0 aliphatic rings. The molecule has 0 aromatic heterocycles. The summed E-state index contributed by atoms with van der Waals surface area (Å²) in [7, 11) is 0. The van der Waals surface area contributed by atoms with Crippen molar-refractivity contribution < 1.29 is 14.1 Å². The van der Waals surface area contributed by atoms with Crippen LogP contribution in [0.25, 0.3) is 0 Å². The number of nitrogens with one attached hydrogen (secondary N) is 1. The van der Waals surface area contributed by atoms with Crippen molar-refractivity contribution in [2.24, 2.45) is 0 Å². The molecule has 0 unspecified atom stereocenters. The normalized spacial score (nSPS) is 10.2. The van der Waals surface area contributed by atoms with E-state index in [2.05, 4.69) is 5.32 Å². The molecule has 86 valence electrons. The lowest BCUT2D eigenvalue weighted by atomic mass is 10.1. The third-order valence-corrected chi connectivity index (χ3v) is 1.82. The summed E-state index contributed by atoms with van der Waals surface area (Å²) in [5.74, 6) is -1.32. The lowest BCUT2D eigenvalue weighted by molar-refractivity contribution is -0.385. The summed E-state index contributed by atoms with van der Waals surface area (Å²) in [6.45, 7) is 3.46. The van der Waals surface area contributed by atoms with Crippen LogP contribution in [0, 0.1) is 15.9 Å². The maximum absolute atomic E-state index is 12.8. The first-order valence-electron chi connectivity index (χ1n) is 4.66. The molecule has 1 aromatic rings. The molecule has 0 aliphatic carbocycles. The predicted octanol–water partition coefficient (Wildman–Crippen LogP) is 1.87. The van der Waals surface area contributed by atoms with Crippen LogP contribution in [0.2, 0.25) is 0 Å². The van der Waals surface area contributed by atoms with Crippen LogP contribution in [-0.2, 0) is 0 Å². The van der Waals surface area contributed by atoms with E-state index in [1.807, 2.05) is 0 Å². The van der Waals surface area contributed by atoms with Gasteiger partial charge in [-0.05, 0) is 26.0 Å². The summed E-state index contributed by atoms with van der Waals surface area (Å²) in [6, 6.07) is 2.71. The van der Waals surface area contributed by atoms with Gasteiger partial charge in [-0.15, -0.1) is 0 Å². The second-order valence-electron chi connectivity index (χ2n) is 3.55. The second kappa shape index (κ2) is 4.69. The summed E-state index contributed by atoms with van der Waals surface area (Å²) in [4.78, 5) is 21.4. The Morgan fingerprint density at radius 1 is 1.50 bits per heavy atom. The quantitative estimate of drug-likeness (QED) is 0.631. The number of benzene rings is 1. The number of rotatable bonds is 3. The molecular formula is C10H11FN2O3. The number of nitrogens with zero attached hydrogens (tertiary/aromatic N) is 1. The first-order valence-corrected chi connectivity index (χ1v) is 4.66. The minimum atomic E-state index is -0.779. The highest BCUT2D eigenvalue weighted by Gasteiger charge is 2.21. The van der Waals surface area contributed by atoms with Gasteiger partial charge < -0.3 is 5.32 Å². The van der Waals surface area contributed by atoms with Gasteiger partial charge in [0.1, 0.15) is 11.4 Å². The molecule has 1 rings (SSSR count). The van der Waals surface area contributed by atoms with E-state index in [1.54, 1.807) is 13.8 Å². The minimum absolute atomic E-state index is 0.139. The number of nitro benzene ring substituents is 1. The first kappa shape index (κ1) is 12.1. The molecule has 0 fully saturated rings. The van der Waals surface area contributed by atoms with Crippen molar-refractivity contribution in [2.45, 2.75) is 19.9 Å². The van der Waals surface area contributed by atoms with Gasteiger partial charge in [0.15, 0.2) is 0 Å². The Balaban J connectivity index is 3.12. The van der Waals surface area contributed by atoms with E-state index in [0.717, 1.165) is 18.2 Å². The van der Waals surface area contributed by atoms with E-state index in [1.165, 1.54) is 0 Å². The fraction of sp³-hybridized carbons (Fsp3) is 0.300. The number of nitro groups is 1. The lowest BCUT2D eigenvalue weighted by Crippen LogP contribution is -2.30. The summed E-state index contributed by atoms with van der Waals surface area (Å²) >= 11 is 0. The molecule has 0 spiro atoms. The molecule has 1 N–H and O–H groups in total. The molecule has 6 heteroatoms. The van der Waals surface area contributed by atoms with E-state index in [0.29, 0.717) is 0 Å². The van der Waals surface area contributed by atoms with Crippen molar-refractivity contribution in [3.05, 3.63) is 39.7 Å². The second-order valence-corrected chi connectivity index (χ2v) is 3.55. The molecule has 0 saturated carbocycles. The van der Waals surface area contributed by atoms with Crippen LogP contribution in [0.3, 0.4) is 0 Å². The van der Waals surface area contributed by atoms with Gasteiger partial charge in [0, 0.05) is 6.04 Å².